The third-order valence-corrected chi connectivity index (χ3v) is 5.24. The van der Waals surface area contributed by atoms with Gasteiger partial charge in [-0.2, -0.15) is 0 Å². The van der Waals surface area contributed by atoms with E-state index in [1.165, 1.54) is 23.3 Å². The average Bonchev–Trinajstić information content (AvgIpc) is 2.54. The normalized spacial score (nSPS) is 15.8. The fraction of sp³-hybridized carbons (Fsp3) is 0.235. The number of halogens is 1. The summed E-state index contributed by atoms with van der Waals surface area (Å²) in [5.74, 6) is -0.923. The van der Waals surface area contributed by atoms with Crippen molar-refractivity contribution in [2.24, 2.45) is 5.10 Å². The molecule has 1 aromatic heterocycles. The molecule has 1 aromatic carbocycles. The van der Waals surface area contributed by atoms with Crippen molar-refractivity contribution in [1.82, 2.24) is 4.98 Å². The second kappa shape index (κ2) is 6.37. The van der Waals surface area contributed by atoms with Gasteiger partial charge in [0, 0.05) is 11.2 Å². The molecule has 0 N–H and O–H groups in total. The molecule has 0 aliphatic carbocycles. The highest BCUT2D eigenvalue weighted by atomic mass is 35.5. The van der Waals surface area contributed by atoms with E-state index in [9.17, 15) is 13.2 Å². The van der Waals surface area contributed by atoms with Crippen LogP contribution in [0.5, 0.6) is 0 Å². The van der Waals surface area contributed by atoms with Gasteiger partial charge in [-0.05, 0) is 57.2 Å². The standard InChI is InChI=1S/C17H16ClN3O4S/c1-17(2,3)25-16(22)15-20-21(12-8-6-11(18)7-9-12)14-13(26(15,23)24)5-4-10-19-14/h4-10H,1-3H3. The predicted octanol–water partition coefficient (Wildman–Crippen LogP) is 3.32. The van der Waals surface area contributed by atoms with Crippen molar-refractivity contribution in [2.75, 3.05) is 5.01 Å². The highest BCUT2D eigenvalue weighted by molar-refractivity contribution is 8.08. The topological polar surface area (TPSA) is 88.9 Å². The first-order valence-electron chi connectivity index (χ1n) is 7.67. The number of hydrazone groups is 1. The monoisotopic (exact) mass is 393 g/mol. The molecule has 26 heavy (non-hydrogen) atoms. The van der Waals surface area contributed by atoms with Crippen molar-refractivity contribution in [2.45, 2.75) is 31.3 Å². The number of sulfone groups is 1. The summed E-state index contributed by atoms with van der Waals surface area (Å²) in [5, 5.41) is 5.14. The Morgan fingerprint density at radius 1 is 1.15 bits per heavy atom. The van der Waals surface area contributed by atoms with Gasteiger partial charge >= 0.3 is 5.97 Å². The zero-order valence-electron chi connectivity index (χ0n) is 14.3. The van der Waals surface area contributed by atoms with Crippen molar-refractivity contribution in [3.05, 3.63) is 47.6 Å². The number of fused-ring (bicyclic) bond motifs is 1. The van der Waals surface area contributed by atoms with E-state index in [4.69, 9.17) is 16.3 Å². The summed E-state index contributed by atoms with van der Waals surface area (Å²) in [6, 6.07) is 9.41. The third-order valence-electron chi connectivity index (χ3n) is 3.33. The van der Waals surface area contributed by atoms with Gasteiger partial charge in [0.1, 0.15) is 10.5 Å². The van der Waals surface area contributed by atoms with Crippen LogP contribution in [0.3, 0.4) is 0 Å². The van der Waals surface area contributed by atoms with Gasteiger partial charge in [-0.1, -0.05) is 11.6 Å². The van der Waals surface area contributed by atoms with Crippen LogP contribution in [-0.4, -0.2) is 30.0 Å². The van der Waals surface area contributed by atoms with Gasteiger partial charge in [-0.25, -0.2) is 23.2 Å². The van der Waals surface area contributed by atoms with Crippen molar-refractivity contribution in [3.8, 4) is 0 Å². The van der Waals surface area contributed by atoms with E-state index in [1.807, 2.05) is 0 Å². The number of nitrogens with zero attached hydrogens (tertiary/aromatic N) is 3. The van der Waals surface area contributed by atoms with E-state index in [1.54, 1.807) is 45.0 Å². The number of hydrogen-bond acceptors (Lipinski definition) is 7. The Labute approximate surface area is 156 Å². The van der Waals surface area contributed by atoms with Crippen molar-refractivity contribution >= 4 is 44.0 Å². The van der Waals surface area contributed by atoms with E-state index in [2.05, 4.69) is 10.1 Å². The number of carbonyl (C=O) groups excluding carboxylic acids is 1. The lowest BCUT2D eigenvalue weighted by atomic mass is 10.2. The molecule has 7 nitrogen and oxygen atoms in total. The lowest BCUT2D eigenvalue weighted by Gasteiger charge is -2.27. The summed E-state index contributed by atoms with van der Waals surface area (Å²) in [7, 11) is -4.16. The molecule has 1 aliphatic rings. The molecule has 0 fully saturated rings. The Balaban J connectivity index is 2.18. The van der Waals surface area contributed by atoms with Crippen LogP contribution in [0.1, 0.15) is 20.8 Å². The predicted molar refractivity (Wildman–Crippen MR) is 98.3 cm³/mol. The number of carbonyl (C=O) groups is 1. The molecule has 136 valence electrons. The summed E-state index contributed by atoms with van der Waals surface area (Å²) in [6.45, 7) is 4.94. The molecule has 0 amide bonds. The third kappa shape index (κ3) is 3.42. The lowest BCUT2D eigenvalue weighted by molar-refractivity contribution is -0.145. The van der Waals surface area contributed by atoms with Crippen LogP contribution in [0.25, 0.3) is 0 Å². The molecule has 9 heteroatoms. The quantitative estimate of drug-likeness (QED) is 0.727. The number of hydrogen-bond donors (Lipinski definition) is 0. The van der Waals surface area contributed by atoms with Crippen LogP contribution in [0.4, 0.5) is 11.5 Å². The maximum Gasteiger partial charge on any atom is 0.371 e. The molecule has 3 rings (SSSR count). The number of ether oxygens (including phenoxy) is 1. The molecular weight excluding hydrogens is 378 g/mol. The van der Waals surface area contributed by atoms with Crippen LogP contribution in [0.15, 0.2) is 52.6 Å². The van der Waals surface area contributed by atoms with Crippen molar-refractivity contribution < 1.29 is 17.9 Å². The molecule has 0 spiro atoms. The van der Waals surface area contributed by atoms with Gasteiger partial charge in [0.2, 0.25) is 9.84 Å². The molecule has 0 radical (unpaired) electrons. The molecule has 0 unspecified atom stereocenters. The molecule has 0 saturated heterocycles. The molecule has 2 heterocycles. The second-order valence-corrected chi connectivity index (χ2v) is 8.79. The largest absolute Gasteiger partial charge is 0.455 e. The summed E-state index contributed by atoms with van der Waals surface area (Å²) in [6.07, 6.45) is 1.45. The molecule has 2 aromatic rings. The lowest BCUT2D eigenvalue weighted by Crippen LogP contribution is -2.37. The van der Waals surface area contributed by atoms with Crippen molar-refractivity contribution in [3.63, 3.8) is 0 Å². The molecule has 0 saturated carbocycles. The number of pyridine rings is 1. The highest BCUT2D eigenvalue weighted by Gasteiger charge is 2.40. The summed E-state index contributed by atoms with van der Waals surface area (Å²) >= 11 is 5.91. The van der Waals surface area contributed by atoms with Crippen LogP contribution in [0, 0.1) is 0 Å². The van der Waals surface area contributed by atoms with E-state index in [0.29, 0.717) is 10.7 Å². The first-order valence-corrected chi connectivity index (χ1v) is 9.53. The number of rotatable bonds is 2. The summed E-state index contributed by atoms with van der Waals surface area (Å²) in [5.41, 5.74) is -0.361. The van der Waals surface area contributed by atoms with E-state index >= 15 is 0 Å². The second-order valence-electron chi connectivity index (χ2n) is 6.52. The van der Waals surface area contributed by atoms with Gasteiger partial charge in [-0.15, -0.1) is 5.10 Å². The molecule has 0 bridgehead atoms. The van der Waals surface area contributed by atoms with Gasteiger partial charge in [-0.3, -0.25) is 0 Å². The molecule has 0 atom stereocenters. The Bertz CT molecular complexity index is 995. The Morgan fingerprint density at radius 3 is 2.42 bits per heavy atom. The van der Waals surface area contributed by atoms with Crippen LogP contribution in [0.2, 0.25) is 5.02 Å². The minimum Gasteiger partial charge on any atom is -0.455 e. The Hall–Kier alpha value is -2.45. The maximum atomic E-state index is 12.8. The highest BCUT2D eigenvalue weighted by Crippen LogP contribution is 2.35. The number of anilines is 2. The van der Waals surface area contributed by atoms with E-state index in [-0.39, 0.29) is 10.7 Å². The van der Waals surface area contributed by atoms with Crippen LogP contribution >= 0.6 is 11.6 Å². The first kappa shape index (κ1) is 18.3. The minimum absolute atomic E-state index is 0.0992. The fourth-order valence-corrected chi connectivity index (χ4v) is 3.70. The molecular formula is C17H16ClN3O4S. The Morgan fingerprint density at radius 2 is 1.81 bits per heavy atom. The van der Waals surface area contributed by atoms with Crippen molar-refractivity contribution in [1.29, 1.82) is 0 Å². The molecule has 1 aliphatic heterocycles. The summed E-state index contributed by atoms with van der Waals surface area (Å²) < 4.78 is 30.9. The fourth-order valence-electron chi connectivity index (χ4n) is 2.28. The zero-order chi connectivity index (χ0) is 19.1. The van der Waals surface area contributed by atoms with Crippen LogP contribution in [-0.2, 0) is 19.4 Å². The van der Waals surface area contributed by atoms with Gasteiger partial charge in [0.25, 0.3) is 5.04 Å². The van der Waals surface area contributed by atoms with Crippen LogP contribution < -0.4 is 5.01 Å². The minimum atomic E-state index is -4.16. The van der Waals surface area contributed by atoms with E-state index < -0.39 is 26.5 Å². The number of esters is 1. The van der Waals surface area contributed by atoms with Gasteiger partial charge < -0.3 is 4.74 Å². The average molecular weight is 394 g/mol. The number of aromatic nitrogens is 1. The van der Waals surface area contributed by atoms with E-state index in [0.717, 1.165) is 0 Å². The Kier molecular flexibility index (Phi) is 4.49. The van der Waals surface area contributed by atoms with Gasteiger partial charge in [0.05, 0.1) is 5.69 Å². The SMILES string of the molecule is CC(C)(C)OC(=O)C1=NN(c2ccc(Cl)cc2)c2ncccc2S1(=O)=O. The first-order chi connectivity index (χ1) is 12.1. The maximum absolute atomic E-state index is 12.8. The number of benzene rings is 1. The smallest absolute Gasteiger partial charge is 0.371 e. The van der Waals surface area contributed by atoms with Gasteiger partial charge in [0.15, 0.2) is 5.82 Å². The zero-order valence-corrected chi connectivity index (χ0v) is 15.9. The summed E-state index contributed by atoms with van der Waals surface area (Å²) in [4.78, 5) is 16.5.